The number of halogens is 1. The van der Waals surface area contributed by atoms with Crippen LogP contribution in [-0.2, 0) is 11.8 Å². The Hall–Kier alpha value is -1.28. The van der Waals surface area contributed by atoms with E-state index in [-0.39, 0.29) is 5.41 Å². The van der Waals surface area contributed by atoms with Crippen LogP contribution >= 0.6 is 15.9 Å². The molecule has 0 amide bonds. The molecule has 1 atom stereocenters. The fourth-order valence-electron chi connectivity index (χ4n) is 2.28. The first kappa shape index (κ1) is 16.1. The first-order valence-corrected chi connectivity index (χ1v) is 8.19. The molecule has 0 saturated heterocycles. The Kier molecular flexibility index (Phi) is 5.10. The molecule has 0 aliphatic rings. The molecule has 0 aromatic heterocycles. The highest BCUT2D eigenvalue weighted by atomic mass is 79.9. The number of alkyl halides is 1. The van der Waals surface area contributed by atoms with Crippen LogP contribution in [0.25, 0.3) is 0 Å². The van der Waals surface area contributed by atoms with E-state index in [0.717, 1.165) is 12.2 Å². The lowest BCUT2D eigenvalue weighted by Crippen LogP contribution is -2.10. The van der Waals surface area contributed by atoms with Gasteiger partial charge in [0.1, 0.15) is 5.75 Å². The standard InChI is InChI=1S/C19H23BrO/c1-19(2,3)16-9-7-15(8-10-16)18(20)13-14-5-11-17(21-4)12-6-14/h5-12,18H,13H2,1-4H3. The molecule has 112 valence electrons. The summed E-state index contributed by atoms with van der Waals surface area (Å²) in [5.41, 5.74) is 4.20. The van der Waals surface area contributed by atoms with Crippen LogP contribution in [0, 0.1) is 0 Å². The molecule has 0 N–H and O–H groups in total. The smallest absolute Gasteiger partial charge is 0.118 e. The summed E-state index contributed by atoms with van der Waals surface area (Å²) in [6, 6.07) is 17.2. The Balaban J connectivity index is 2.07. The van der Waals surface area contributed by atoms with Crippen LogP contribution in [0.1, 0.15) is 42.3 Å². The van der Waals surface area contributed by atoms with E-state index in [2.05, 4.69) is 73.1 Å². The third-order valence-electron chi connectivity index (χ3n) is 3.71. The fraction of sp³-hybridized carbons (Fsp3) is 0.368. The van der Waals surface area contributed by atoms with Crippen molar-refractivity contribution >= 4 is 15.9 Å². The molecular formula is C19H23BrO. The molecule has 0 heterocycles. The first-order valence-electron chi connectivity index (χ1n) is 7.27. The molecule has 2 heteroatoms. The van der Waals surface area contributed by atoms with Crippen molar-refractivity contribution in [2.24, 2.45) is 0 Å². The maximum atomic E-state index is 5.19. The highest BCUT2D eigenvalue weighted by Crippen LogP contribution is 2.30. The number of hydrogen-bond donors (Lipinski definition) is 0. The molecule has 2 aromatic carbocycles. The summed E-state index contributed by atoms with van der Waals surface area (Å²) in [7, 11) is 1.69. The zero-order chi connectivity index (χ0) is 15.5. The summed E-state index contributed by atoms with van der Waals surface area (Å²) in [5, 5.41) is 0. The Morgan fingerprint density at radius 2 is 1.52 bits per heavy atom. The Morgan fingerprint density at radius 1 is 0.952 bits per heavy atom. The van der Waals surface area contributed by atoms with Crippen LogP contribution in [0.4, 0.5) is 0 Å². The van der Waals surface area contributed by atoms with Gasteiger partial charge in [0.2, 0.25) is 0 Å². The van der Waals surface area contributed by atoms with Gasteiger partial charge in [0, 0.05) is 4.83 Å². The number of benzene rings is 2. The number of ether oxygens (including phenoxy) is 1. The predicted octanol–water partition coefficient (Wildman–Crippen LogP) is 5.67. The molecule has 2 rings (SSSR count). The summed E-state index contributed by atoms with van der Waals surface area (Å²) in [5.74, 6) is 0.902. The summed E-state index contributed by atoms with van der Waals surface area (Å²) in [6.45, 7) is 6.72. The Labute approximate surface area is 136 Å². The highest BCUT2D eigenvalue weighted by Gasteiger charge is 2.14. The van der Waals surface area contributed by atoms with Crippen molar-refractivity contribution in [2.75, 3.05) is 7.11 Å². The summed E-state index contributed by atoms with van der Waals surface area (Å²) in [4.78, 5) is 0.333. The lowest BCUT2D eigenvalue weighted by molar-refractivity contribution is 0.414. The quantitative estimate of drug-likeness (QED) is 0.648. The topological polar surface area (TPSA) is 9.23 Å². The second kappa shape index (κ2) is 6.65. The maximum Gasteiger partial charge on any atom is 0.118 e. The van der Waals surface area contributed by atoms with Crippen molar-refractivity contribution in [3.8, 4) is 5.75 Å². The third kappa shape index (κ3) is 4.34. The minimum atomic E-state index is 0.205. The normalized spacial score (nSPS) is 13.0. The third-order valence-corrected chi connectivity index (χ3v) is 4.56. The van der Waals surface area contributed by atoms with E-state index in [1.807, 2.05) is 12.1 Å². The summed E-state index contributed by atoms with van der Waals surface area (Å²) in [6.07, 6.45) is 0.971. The van der Waals surface area contributed by atoms with Crippen molar-refractivity contribution < 1.29 is 4.74 Å². The summed E-state index contributed by atoms with van der Waals surface area (Å²) >= 11 is 3.80. The monoisotopic (exact) mass is 346 g/mol. The molecule has 1 nitrogen and oxygen atoms in total. The Morgan fingerprint density at radius 3 is 2.00 bits per heavy atom. The van der Waals surface area contributed by atoms with Gasteiger partial charge in [-0.3, -0.25) is 0 Å². The van der Waals surface area contributed by atoms with Gasteiger partial charge in [-0.15, -0.1) is 0 Å². The number of methoxy groups -OCH3 is 1. The molecule has 0 spiro atoms. The lowest BCUT2D eigenvalue weighted by Gasteiger charge is -2.20. The van der Waals surface area contributed by atoms with Crippen LogP contribution < -0.4 is 4.74 Å². The minimum absolute atomic E-state index is 0.205. The van der Waals surface area contributed by atoms with Gasteiger partial charge in [-0.1, -0.05) is 73.1 Å². The van der Waals surface area contributed by atoms with Gasteiger partial charge in [0.05, 0.1) is 7.11 Å². The highest BCUT2D eigenvalue weighted by molar-refractivity contribution is 9.09. The molecule has 0 saturated carbocycles. The van der Waals surface area contributed by atoms with Crippen molar-refractivity contribution in [2.45, 2.75) is 37.4 Å². The Bertz CT molecular complexity index is 564. The lowest BCUT2D eigenvalue weighted by atomic mass is 9.86. The molecule has 21 heavy (non-hydrogen) atoms. The van der Waals surface area contributed by atoms with Crippen LogP contribution in [-0.4, -0.2) is 7.11 Å². The van der Waals surface area contributed by atoms with E-state index in [0.29, 0.717) is 4.83 Å². The van der Waals surface area contributed by atoms with Gasteiger partial charge >= 0.3 is 0 Å². The van der Waals surface area contributed by atoms with E-state index in [9.17, 15) is 0 Å². The second-order valence-electron chi connectivity index (χ2n) is 6.39. The van der Waals surface area contributed by atoms with E-state index in [1.165, 1.54) is 16.7 Å². The van der Waals surface area contributed by atoms with E-state index >= 15 is 0 Å². The van der Waals surface area contributed by atoms with Crippen molar-refractivity contribution in [3.63, 3.8) is 0 Å². The average molecular weight is 347 g/mol. The fourth-order valence-corrected chi connectivity index (χ4v) is 2.96. The first-order chi connectivity index (χ1) is 9.90. The van der Waals surface area contributed by atoms with Crippen LogP contribution in [0.15, 0.2) is 48.5 Å². The molecule has 0 bridgehead atoms. The van der Waals surface area contributed by atoms with Gasteiger partial charge in [0.15, 0.2) is 0 Å². The molecule has 2 aromatic rings. The van der Waals surface area contributed by atoms with Gasteiger partial charge in [0.25, 0.3) is 0 Å². The maximum absolute atomic E-state index is 5.19. The zero-order valence-electron chi connectivity index (χ0n) is 13.2. The van der Waals surface area contributed by atoms with Gasteiger partial charge in [-0.05, 0) is 40.7 Å². The predicted molar refractivity (Wildman–Crippen MR) is 93.5 cm³/mol. The number of rotatable bonds is 4. The van der Waals surface area contributed by atoms with Crippen molar-refractivity contribution in [1.82, 2.24) is 0 Å². The second-order valence-corrected chi connectivity index (χ2v) is 7.50. The molecular weight excluding hydrogens is 324 g/mol. The summed E-state index contributed by atoms with van der Waals surface area (Å²) < 4.78 is 5.19. The van der Waals surface area contributed by atoms with Crippen LogP contribution in [0.3, 0.4) is 0 Å². The van der Waals surface area contributed by atoms with Gasteiger partial charge in [-0.2, -0.15) is 0 Å². The van der Waals surface area contributed by atoms with Gasteiger partial charge < -0.3 is 4.74 Å². The van der Waals surface area contributed by atoms with Crippen LogP contribution in [0.5, 0.6) is 5.75 Å². The van der Waals surface area contributed by atoms with E-state index < -0.39 is 0 Å². The van der Waals surface area contributed by atoms with Crippen molar-refractivity contribution in [1.29, 1.82) is 0 Å². The minimum Gasteiger partial charge on any atom is -0.497 e. The molecule has 0 aliphatic heterocycles. The van der Waals surface area contributed by atoms with E-state index in [1.54, 1.807) is 7.11 Å². The molecule has 1 unspecified atom stereocenters. The number of hydrogen-bond acceptors (Lipinski definition) is 1. The molecule has 0 aliphatic carbocycles. The van der Waals surface area contributed by atoms with E-state index in [4.69, 9.17) is 4.74 Å². The van der Waals surface area contributed by atoms with Crippen molar-refractivity contribution in [3.05, 3.63) is 65.2 Å². The largest absolute Gasteiger partial charge is 0.497 e. The van der Waals surface area contributed by atoms with Crippen LogP contribution in [0.2, 0.25) is 0 Å². The molecule has 0 radical (unpaired) electrons. The van der Waals surface area contributed by atoms with Gasteiger partial charge in [-0.25, -0.2) is 0 Å². The molecule has 0 fully saturated rings. The SMILES string of the molecule is COc1ccc(CC(Br)c2ccc(C(C)(C)C)cc2)cc1. The zero-order valence-corrected chi connectivity index (χ0v) is 14.8. The average Bonchev–Trinajstić information content (AvgIpc) is 2.47.